The van der Waals surface area contributed by atoms with Gasteiger partial charge in [-0.05, 0) is 31.9 Å². The summed E-state index contributed by atoms with van der Waals surface area (Å²) >= 11 is 2.01. The Morgan fingerprint density at radius 3 is 2.88 bits per heavy atom. The molecule has 98 valence electrons. The van der Waals surface area contributed by atoms with Crippen molar-refractivity contribution in [3.63, 3.8) is 0 Å². The predicted octanol–water partition coefficient (Wildman–Crippen LogP) is 1.92. The van der Waals surface area contributed by atoms with Crippen LogP contribution < -0.4 is 10.6 Å². The normalized spacial score (nSPS) is 28.8. The van der Waals surface area contributed by atoms with E-state index in [0.29, 0.717) is 17.2 Å². The molecular weight excluding hydrogens is 232 g/mol. The van der Waals surface area contributed by atoms with Gasteiger partial charge in [0, 0.05) is 30.3 Å². The Morgan fingerprint density at radius 1 is 1.41 bits per heavy atom. The second-order valence-corrected chi connectivity index (χ2v) is 6.64. The van der Waals surface area contributed by atoms with Crippen molar-refractivity contribution >= 4 is 17.7 Å². The van der Waals surface area contributed by atoms with Gasteiger partial charge in [0.05, 0.1) is 0 Å². The molecular formula is C13H24N2OS. The van der Waals surface area contributed by atoms with Crippen molar-refractivity contribution in [3.8, 4) is 0 Å². The highest BCUT2D eigenvalue weighted by Crippen LogP contribution is 2.39. The van der Waals surface area contributed by atoms with E-state index in [-0.39, 0.29) is 5.91 Å². The maximum absolute atomic E-state index is 11.5. The molecule has 1 atom stereocenters. The zero-order valence-electron chi connectivity index (χ0n) is 10.8. The molecule has 0 radical (unpaired) electrons. The molecule has 1 unspecified atom stereocenters. The van der Waals surface area contributed by atoms with Gasteiger partial charge in [-0.15, -0.1) is 0 Å². The molecule has 17 heavy (non-hydrogen) atoms. The van der Waals surface area contributed by atoms with E-state index in [4.69, 9.17) is 0 Å². The second-order valence-electron chi connectivity index (χ2n) is 5.37. The van der Waals surface area contributed by atoms with Gasteiger partial charge in [0.1, 0.15) is 0 Å². The number of rotatable bonds is 4. The molecule has 0 aromatic rings. The highest BCUT2D eigenvalue weighted by atomic mass is 32.2. The maximum atomic E-state index is 11.5. The monoisotopic (exact) mass is 256 g/mol. The van der Waals surface area contributed by atoms with Gasteiger partial charge in [-0.25, -0.2) is 0 Å². The molecule has 2 N–H and O–H groups in total. The van der Waals surface area contributed by atoms with E-state index in [2.05, 4.69) is 16.9 Å². The molecule has 2 rings (SSSR count). The van der Waals surface area contributed by atoms with Crippen molar-refractivity contribution in [1.29, 1.82) is 0 Å². The average molecular weight is 256 g/mol. The number of carbonyl (C=O) groups is 1. The zero-order valence-corrected chi connectivity index (χ0v) is 11.6. The maximum Gasteiger partial charge on any atom is 0.221 e. The molecule has 1 aliphatic carbocycles. The lowest BCUT2D eigenvalue weighted by molar-refractivity contribution is -0.121. The highest BCUT2D eigenvalue weighted by Gasteiger charge is 2.33. The van der Waals surface area contributed by atoms with Gasteiger partial charge in [-0.1, -0.05) is 12.8 Å². The fourth-order valence-corrected chi connectivity index (χ4v) is 3.88. The van der Waals surface area contributed by atoms with Crippen LogP contribution in [-0.2, 0) is 4.79 Å². The lowest BCUT2D eigenvalue weighted by Crippen LogP contribution is -2.41. The fraction of sp³-hybridized carbons (Fsp3) is 0.923. The smallest absolute Gasteiger partial charge is 0.221 e. The summed E-state index contributed by atoms with van der Waals surface area (Å²) in [6, 6.07) is 0.391. The third-order valence-corrected chi connectivity index (χ3v) is 5.56. The van der Waals surface area contributed by atoms with E-state index in [1.807, 2.05) is 11.8 Å². The highest BCUT2D eigenvalue weighted by molar-refractivity contribution is 8.00. The van der Waals surface area contributed by atoms with Crippen LogP contribution >= 0.6 is 11.8 Å². The van der Waals surface area contributed by atoms with Gasteiger partial charge < -0.3 is 10.6 Å². The first-order valence-electron chi connectivity index (χ1n) is 6.79. The molecule has 0 aromatic carbocycles. The van der Waals surface area contributed by atoms with Crippen molar-refractivity contribution in [2.45, 2.75) is 55.7 Å². The van der Waals surface area contributed by atoms with E-state index >= 15 is 0 Å². The molecule has 1 amide bonds. The topological polar surface area (TPSA) is 41.1 Å². The van der Waals surface area contributed by atoms with Gasteiger partial charge in [-0.2, -0.15) is 11.8 Å². The first-order valence-corrected chi connectivity index (χ1v) is 8.02. The Morgan fingerprint density at radius 2 is 2.18 bits per heavy atom. The Bertz CT molecular complexity index is 264. The van der Waals surface area contributed by atoms with Crippen molar-refractivity contribution in [3.05, 3.63) is 0 Å². The zero-order chi connectivity index (χ0) is 12.1. The number of hydrogen-bond donors (Lipinski definition) is 2. The molecule has 0 aromatic heterocycles. The third-order valence-electron chi connectivity index (χ3n) is 4.14. The van der Waals surface area contributed by atoms with Gasteiger partial charge in [0.15, 0.2) is 0 Å². The average Bonchev–Trinajstić information content (AvgIpc) is 2.71. The Balaban J connectivity index is 1.81. The van der Waals surface area contributed by atoms with Crippen molar-refractivity contribution < 1.29 is 4.79 Å². The summed E-state index contributed by atoms with van der Waals surface area (Å²) in [7, 11) is 0. The van der Waals surface area contributed by atoms with Crippen molar-refractivity contribution in [2.24, 2.45) is 0 Å². The van der Waals surface area contributed by atoms with Crippen LogP contribution in [0.1, 0.15) is 44.9 Å². The molecule has 1 aliphatic heterocycles. The van der Waals surface area contributed by atoms with E-state index in [1.165, 1.54) is 25.7 Å². The summed E-state index contributed by atoms with van der Waals surface area (Å²) in [5.41, 5.74) is 0. The van der Waals surface area contributed by atoms with Crippen molar-refractivity contribution in [2.75, 3.05) is 19.3 Å². The number of thioether (sulfide) groups is 1. The van der Waals surface area contributed by atoms with Crippen LogP contribution in [0.2, 0.25) is 0 Å². The number of amides is 1. The standard InChI is InChI=1S/C13H24N2OS/c1-17-13(6-2-3-7-13)10-15-11-5-4-8-14-12(16)9-11/h11,15H,2-10H2,1H3,(H,14,16). The van der Waals surface area contributed by atoms with Crippen LogP contribution in [0.3, 0.4) is 0 Å². The van der Waals surface area contributed by atoms with E-state index in [1.54, 1.807) is 0 Å². The van der Waals surface area contributed by atoms with Crippen molar-refractivity contribution in [1.82, 2.24) is 10.6 Å². The first-order chi connectivity index (χ1) is 8.24. The largest absolute Gasteiger partial charge is 0.356 e. The lowest BCUT2D eigenvalue weighted by Gasteiger charge is -2.29. The second kappa shape index (κ2) is 6.10. The van der Waals surface area contributed by atoms with E-state index in [9.17, 15) is 4.79 Å². The summed E-state index contributed by atoms with van der Waals surface area (Å²) in [6.07, 6.45) is 10.5. The SMILES string of the molecule is CSC1(CNC2CCCNC(=O)C2)CCCC1. The quantitative estimate of drug-likeness (QED) is 0.807. The minimum atomic E-state index is 0.213. The van der Waals surface area contributed by atoms with Gasteiger partial charge in [-0.3, -0.25) is 4.79 Å². The molecule has 3 nitrogen and oxygen atoms in total. The molecule has 1 heterocycles. The Labute approximate surface area is 108 Å². The first kappa shape index (κ1) is 13.2. The molecule has 2 aliphatic rings. The molecule has 0 bridgehead atoms. The van der Waals surface area contributed by atoms with E-state index < -0.39 is 0 Å². The number of hydrogen-bond acceptors (Lipinski definition) is 3. The molecule has 0 spiro atoms. The summed E-state index contributed by atoms with van der Waals surface area (Å²) in [5.74, 6) is 0.213. The van der Waals surface area contributed by atoms with Crippen LogP contribution in [0.5, 0.6) is 0 Å². The fourth-order valence-electron chi connectivity index (χ4n) is 2.95. The van der Waals surface area contributed by atoms with Gasteiger partial charge in [0.2, 0.25) is 5.91 Å². The molecule has 2 fully saturated rings. The summed E-state index contributed by atoms with van der Waals surface area (Å²) in [5, 5.41) is 6.59. The minimum absolute atomic E-state index is 0.213. The van der Waals surface area contributed by atoms with Gasteiger partial charge in [0.25, 0.3) is 0 Å². The lowest BCUT2D eigenvalue weighted by atomic mass is 10.0. The Hall–Kier alpha value is -0.220. The van der Waals surface area contributed by atoms with Crippen LogP contribution in [0, 0.1) is 0 Å². The number of nitrogens with one attached hydrogen (secondary N) is 2. The Kier molecular flexibility index (Phi) is 4.74. The summed E-state index contributed by atoms with van der Waals surface area (Å²) in [6.45, 7) is 1.93. The van der Waals surface area contributed by atoms with Crippen LogP contribution in [-0.4, -0.2) is 36.0 Å². The predicted molar refractivity (Wildman–Crippen MR) is 73.4 cm³/mol. The molecule has 1 saturated carbocycles. The van der Waals surface area contributed by atoms with Crippen LogP contribution in [0.15, 0.2) is 0 Å². The van der Waals surface area contributed by atoms with Gasteiger partial charge >= 0.3 is 0 Å². The molecule has 4 heteroatoms. The van der Waals surface area contributed by atoms with Crippen LogP contribution in [0.25, 0.3) is 0 Å². The van der Waals surface area contributed by atoms with E-state index in [0.717, 1.165) is 25.9 Å². The number of carbonyl (C=O) groups excluding carboxylic acids is 1. The molecule has 1 saturated heterocycles. The summed E-state index contributed by atoms with van der Waals surface area (Å²) in [4.78, 5) is 11.5. The van der Waals surface area contributed by atoms with Crippen LogP contribution in [0.4, 0.5) is 0 Å². The third kappa shape index (κ3) is 3.62. The minimum Gasteiger partial charge on any atom is -0.356 e. The summed E-state index contributed by atoms with van der Waals surface area (Å²) < 4.78 is 0.447.